The van der Waals surface area contributed by atoms with Gasteiger partial charge in [-0.1, -0.05) is 29.4 Å². The summed E-state index contributed by atoms with van der Waals surface area (Å²) in [7, 11) is 0. The molecule has 0 spiro atoms. The fourth-order valence-corrected chi connectivity index (χ4v) is 1.17. The van der Waals surface area contributed by atoms with Gasteiger partial charge in [0.05, 0.1) is 12.3 Å². The standard InChI is InChI=1S/C14H18N2O2.H2/c1-10(2)16-18-12(4)9-15-14(17)13-7-5-11(3)6-8-13;/h5-8H,4,9H2,1-3H3,(H,15,17);1H. The molecule has 4 nitrogen and oxygen atoms in total. The maximum atomic E-state index is 11.8. The second kappa shape index (κ2) is 6.59. The first-order chi connectivity index (χ1) is 8.49. The summed E-state index contributed by atoms with van der Waals surface area (Å²) in [6.45, 7) is 9.51. The molecule has 0 bridgehead atoms. The van der Waals surface area contributed by atoms with E-state index in [2.05, 4.69) is 17.1 Å². The van der Waals surface area contributed by atoms with Gasteiger partial charge in [0, 0.05) is 6.99 Å². The summed E-state index contributed by atoms with van der Waals surface area (Å²) < 4.78 is 0. The fraction of sp³-hybridized carbons (Fsp3) is 0.286. The minimum absolute atomic E-state index is 0. The lowest BCUT2D eigenvalue weighted by molar-refractivity contribution is 0.0947. The smallest absolute Gasteiger partial charge is 0.251 e. The van der Waals surface area contributed by atoms with Crippen LogP contribution in [0.3, 0.4) is 0 Å². The maximum absolute atomic E-state index is 11.8. The molecule has 0 saturated carbocycles. The average Bonchev–Trinajstić information content (AvgIpc) is 2.34. The predicted molar refractivity (Wildman–Crippen MR) is 74.6 cm³/mol. The molecule has 0 fully saturated rings. The van der Waals surface area contributed by atoms with Gasteiger partial charge in [0.25, 0.3) is 5.91 Å². The number of nitrogens with one attached hydrogen (secondary N) is 1. The molecule has 1 aromatic rings. The Morgan fingerprint density at radius 1 is 1.39 bits per heavy atom. The van der Waals surface area contributed by atoms with Gasteiger partial charge in [-0.2, -0.15) is 0 Å². The topological polar surface area (TPSA) is 50.7 Å². The third-order valence-corrected chi connectivity index (χ3v) is 2.12. The molecule has 98 valence electrons. The molecule has 1 amide bonds. The Bertz CT molecular complexity index is 463. The monoisotopic (exact) mass is 248 g/mol. The van der Waals surface area contributed by atoms with Crippen LogP contribution in [0, 0.1) is 6.92 Å². The molecular formula is C14H20N2O2. The molecule has 0 heterocycles. The minimum atomic E-state index is -0.156. The Morgan fingerprint density at radius 3 is 2.56 bits per heavy atom. The third-order valence-electron chi connectivity index (χ3n) is 2.12. The Morgan fingerprint density at radius 2 is 2.00 bits per heavy atom. The number of hydrogen-bond acceptors (Lipinski definition) is 3. The zero-order valence-corrected chi connectivity index (χ0v) is 11.0. The van der Waals surface area contributed by atoms with Crippen molar-refractivity contribution < 1.29 is 11.1 Å². The Kier molecular flexibility index (Phi) is 5.11. The zero-order chi connectivity index (χ0) is 13.5. The van der Waals surface area contributed by atoms with E-state index in [0.29, 0.717) is 11.3 Å². The van der Waals surface area contributed by atoms with Crippen LogP contribution in [0.25, 0.3) is 0 Å². The van der Waals surface area contributed by atoms with Crippen LogP contribution in [-0.2, 0) is 4.84 Å². The van der Waals surface area contributed by atoms with Gasteiger partial charge in [-0.3, -0.25) is 4.79 Å². The molecule has 0 aliphatic heterocycles. The van der Waals surface area contributed by atoms with Crippen LogP contribution in [0.1, 0.15) is 31.2 Å². The first kappa shape index (κ1) is 14.0. The highest BCUT2D eigenvalue weighted by Gasteiger charge is 2.05. The van der Waals surface area contributed by atoms with E-state index < -0.39 is 0 Å². The molecule has 0 radical (unpaired) electrons. The summed E-state index contributed by atoms with van der Waals surface area (Å²) in [4.78, 5) is 16.7. The van der Waals surface area contributed by atoms with Crippen LogP contribution in [0.2, 0.25) is 0 Å². The van der Waals surface area contributed by atoms with Crippen molar-refractivity contribution in [3.63, 3.8) is 0 Å². The molecule has 4 heteroatoms. The van der Waals surface area contributed by atoms with Gasteiger partial charge in [0.1, 0.15) is 5.76 Å². The second-order valence-electron chi connectivity index (χ2n) is 4.22. The Hall–Kier alpha value is -2.10. The number of carbonyl (C=O) groups excluding carboxylic acids is 1. The van der Waals surface area contributed by atoms with Crippen LogP contribution in [0.15, 0.2) is 41.8 Å². The lowest BCUT2D eigenvalue weighted by Gasteiger charge is -2.06. The van der Waals surface area contributed by atoms with E-state index in [1.165, 1.54) is 0 Å². The molecule has 0 saturated heterocycles. The van der Waals surface area contributed by atoms with Crippen molar-refractivity contribution in [1.82, 2.24) is 5.32 Å². The summed E-state index contributed by atoms with van der Waals surface area (Å²) in [6, 6.07) is 7.35. The van der Waals surface area contributed by atoms with Gasteiger partial charge in [0.15, 0.2) is 0 Å². The van der Waals surface area contributed by atoms with Crippen LogP contribution in [-0.4, -0.2) is 18.2 Å². The van der Waals surface area contributed by atoms with Crippen molar-refractivity contribution in [2.24, 2.45) is 5.16 Å². The van der Waals surface area contributed by atoms with Gasteiger partial charge in [-0.15, -0.1) is 0 Å². The van der Waals surface area contributed by atoms with E-state index in [4.69, 9.17) is 4.84 Å². The van der Waals surface area contributed by atoms with Crippen molar-refractivity contribution >= 4 is 11.6 Å². The van der Waals surface area contributed by atoms with Gasteiger partial charge in [-0.25, -0.2) is 0 Å². The number of rotatable bonds is 5. The average molecular weight is 248 g/mol. The Balaban J connectivity index is 0.00000324. The SMILES string of the molecule is C=C(CNC(=O)c1ccc(C)cc1)ON=C(C)C.[HH]. The first-order valence-corrected chi connectivity index (χ1v) is 5.70. The van der Waals surface area contributed by atoms with Crippen molar-refractivity contribution in [2.75, 3.05) is 6.54 Å². The summed E-state index contributed by atoms with van der Waals surface area (Å²) in [5, 5.41) is 6.46. The molecule has 18 heavy (non-hydrogen) atoms. The highest BCUT2D eigenvalue weighted by Crippen LogP contribution is 2.03. The highest BCUT2D eigenvalue weighted by molar-refractivity contribution is 5.94. The van der Waals surface area contributed by atoms with Gasteiger partial charge >= 0.3 is 0 Å². The predicted octanol–water partition coefficient (Wildman–Crippen LogP) is 2.90. The highest BCUT2D eigenvalue weighted by atomic mass is 16.6. The second-order valence-corrected chi connectivity index (χ2v) is 4.22. The molecular weight excluding hydrogens is 228 g/mol. The van der Waals surface area contributed by atoms with Crippen molar-refractivity contribution in [3.05, 3.63) is 47.7 Å². The number of hydrogen-bond donors (Lipinski definition) is 1. The molecule has 0 unspecified atom stereocenters. The molecule has 0 aliphatic carbocycles. The number of benzene rings is 1. The van der Waals surface area contributed by atoms with Crippen LogP contribution in [0.4, 0.5) is 0 Å². The first-order valence-electron chi connectivity index (χ1n) is 5.70. The molecule has 1 aromatic carbocycles. The molecule has 0 aromatic heterocycles. The van der Waals surface area contributed by atoms with E-state index in [1.807, 2.05) is 32.9 Å². The van der Waals surface area contributed by atoms with E-state index >= 15 is 0 Å². The van der Waals surface area contributed by atoms with Crippen LogP contribution in [0.5, 0.6) is 0 Å². The fourth-order valence-electron chi connectivity index (χ4n) is 1.17. The number of carbonyl (C=O) groups is 1. The lowest BCUT2D eigenvalue weighted by atomic mass is 10.1. The van der Waals surface area contributed by atoms with E-state index in [-0.39, 0.29) is 13.9 Å². The summed E-state index contributed by atoms with van der Waals surface area (Å²) in [5.74, 6) is 0.244. The van der Waals surface area contributed by atoms with Gasteiger partial charge < -0.3 is 10.2 Å². The van der Waals surface area contributed by atoms with Crippen molar-refractivity contribution in [1.29, 1.82) is 0 Å². The van der Waals surface area contributed by atoms with Gasteiger partial charge in [0.2, 0.25) is 0 Å². The number of aryl methyl sites for hydroxylation is 1. The van der Waals surface area contributed by atoms with E-state index in [1.54, 1.807) is 12.1 Å². The van der Waals surface area contributed by atoms with Crippen LogP contribution < -0.4 is 5.32 Å². The van der Waals surface area contributed by atoms with Crippen molar-refractivity contribution in [2.45, 2.75) is 20.8 Å². The normalized spacial score (nSPS) is 9.50. The molecule has 1 N–H and O–H groups in total. The Labute approximate surface area is 109 Å². The summed E-state index contributed by atoms with van der Waals surface area (Å²) >= 11 is 0. The number of nitrogens with zero attached hydrogens (tertiary/aromatic N) is 1. The molecule has 0 atom stereocenters. The van der Waals surface area contributed by atoms with Crippen molar-refractivity contribution in [3.8, 4) is 0 Å². The molecule has 1 rings (SSSR count). The summed E-state index contributed by atoms with van der Waals surface area (Å²) in [5.41, 5.74) is 2.52. The third kappa shape index (κ3) is 4.82. The van der Waals surface area contributed by atoms with E-state index in [0.717, 1.165) is 11.3 Å². The summed E-state index contributed by atoms with van der Waals surface area (Å²) in [6.07, 6.45) is 0. The van der Waals surface area contributed by atoms with Crippen LogP contribution >= 0.6 is 0 Å². The molecule has 0 aliphatic rings. The lowest BCUT2D eigenvalue weighted by Crippen LogP contribution is -2.25. The van der Waals surface area contributed by atoms with Gasteiger partial charge in [-0.05, 0) is 32.9 Å². The number of oxime groups is 1. The number of amides is 1. The zero-order valence-electron chi connectivity index (χ0n) is 11.0. The largest absolute Gasteiger partial charge is 0.360 e. The minimum Gasteiger partial charge on any atom is -0.360 e. The van der Waals surface area contributed by atoms with E-state index in [9.17, 15) is 4.79 Å². The quantitative estimate of drug-likeness (QED) is 0.495. The maximum Gasteiger partial charge on any atom is 0.251 e.